The highest BCUT2D eigenvalue weighted by Crippen LogP contribution is 2.14. The van der Waals surface area contributed by atoms with Crippen LogP contribution in [0.25, 0.3) is 6.08 Å². The Morgan fingerprint density at radius 3 is 2.50 bits per heavy atom. The van der Waals surface area contributed by atoms with Crippen molar-refractivity contribution < 1.29 is 0 Å². The van der Waals surface area contributed by atoms with Gasteiger partial charge in [0.1, 0.15) is 0 Å². The van der Waals surface area contributed by atoms with Crippen molar-refractivity contribution in [1.82, 2.24) is 4.98 Å². The first-order chi connectivity index (χ1) is 5.54. The van der Waals surface area contributed by atoms with Gasteiger partial charge < -0.3 is 5.73 Å². The van der Waals surface area contributed by atoms with Crippen LogP contribution in [0.4, 0.5) is 0 Å². The van der Waals surface area contributed by atoms with Gasteiger partial charge in [-0.3, -0.25) is 4.98 Å². The van der Waals surface area contributed by atoms with Crippen LogP contribution in [0.2, 0.25) is 0 Å². The molecule has 0 aromatic carbocycles. The Kier molecular flexibility index (Phi) is 2.29. The van der Waals surface area contributed by atoms with E-state index >= 15 is 0 Å². The molecule has 0 bridgehead atoms. The highest BCUT2D eigenvalue weighted by Gasteiger charge is 2.14. The monoisotopic (exact) mass is 162 g/mol. The van der Waals surface area contributed by atoms with E-state index < -0.39 is 0 Å². The lowest BCUT2D eigenvalue weighted by Gasteiger charge is -2.17. The molecule has 0 aliphatic heterocycles. The van der Waals surface area contributed by atoms with E-state index in [4.69, 9.17) is 5.73 Å². The summed E-state index contributed by atoms with van der Waals surface area (Å²) in [6.45, 7) is 7.52. The Balaban J connectivity index is 3.00. The van der Waals surface area contributed by atoms with Crippen molar-refractivity contribution in [3.05, 3.63) is 36.2 Å². The number of pyridine rings is 1. The summed E-state index contributed by atoms with van der Waals surface area (Å²) in [4.78, 5) is 4.22. The Bertz CT molecular complexity index is 267. The minimum absolute atomic E-state index is 0.361. The standard InChI is InChI=1S/C10H14N2/c1-4-8-5-6-9(12-7-8)10(2,3)11/h4-7H,1,11H2,2-3H3. The fourth-order valence-corrected chi connectivity index (χ4v) is 0.907. The third-order valence-electron chi connectivity index (χ3n) is 1.68. The van der Waals surface area contributed by atoms with E-state index in [1.165, 1.54) is 0 Å². The van der Waals surface area contributed by atoms with Gasteiger partial charge in [0.2, 0.25) is 0 Å². The van der Waals surface area contributed by atoms with Crippen molar-refractivity contribution >= 4 is 6.08 Å². The van der Waals surface area contributed by atoms with Gasteiger partial charge in [-0.1, -0.05) is 18.7 Å². The molecule has 0 amide bonds. The van der Waals surface area contributed by atoms with E-state index in [1.54, 1.807) is 12.3 Å². The molecule has 0 saturated carbocycles. The van der Waals surface area contributed by atoms with Crippen LogP contribution in [0.1, 0.15) is 25.1 Å². The average Bonchev–Trinajstić information content (AvgIpc) is 2.03. The van der Waals surface area contributed by atoms with Crippen LogP contribution in [0.3, 0.4) is 0 Å². The van der Waals surface area contributed by atoms with Crippen molar-refractivity contribution in [3.63, 3.8) is 0 Å². The molecule has 64 valence electrons. The molecule has 0 spiro atoms. The fourth-order valence-electron chi connectivity index (χ4n) is 0.907. The fraction of sp³-hybridized carbons (Fsp3) is 0.300. The largest absolute Gasteiger partial charge is 0.321 e. The Labute approximate surface area is 73.1 Å². The maximum absolute atomic E-state index is 5.86. The molecular formula is C10H14N2. The normalized spacial score (nSPS) is 11.2. The van der Waals surface area contributed by atoms with Gasteiger partial charge in [-0.25, -0.2) is 0 Å². The first-order valence-corrected chi connectivity index (χ1v) is 3.92. The van der Waals surface area contributed by atoms with Crippen molar-refractivity contribution in [2.24, 2.45) is 5.73 Å². The van der Waals surface area contributed by atoms with Crippen LogP contribution in [-0.2, 0) is 5.54 Å². The van der Waals surface area contributed by atoms with Crippen LogP contribution in [0.15, 0.2) is 24.9 Å². The second kappa shape index (κ2) is 3.07. The maximum atomic E-state index is 5.86. The molecule has 1 aromatic rings. The average molecular weight is 162 g/mol. The van der Waals surface area contributed by atoms with E-state index in [9.17, 15) is 0 Å². The van der Waals surface area contributed by atoms with Gasteiger partial charge in [0.25, 0.3) is 0 Å². The zero-order valence-electron chi connectivity index (χ0n) is 7.54. The lowest BCUT2D eigenvalue weighted by Crippen LogP contribution is -2.29. The van der Waals surface area contributed by atoms with Gasteiger partial charge >= 0.3 is 0 Å². The minimum atomic E-state index is -0.361. The highest BCUT2D eigenvalue weighted by atomic mass is 14.8. The summed E-state index contributed by atoms with van der Waals surface area (Å²) in [5.74, 6) is 0. The Morgan fingerprint density at radius 2 is 2.17 bits per heavy atom. The Hall–Kier alpha value is -1.15. The van der Waals surface area contributed by atoms with Gasteiger partial charge in [0.05, 0.1) is 11.2 Å². The highest BCUT2D eigenvalue weighted by molar-refractivity contribution is 5.45. The summed E-state index contributed by atoms with van der Waals surface area (Å²) in [5.41, 5.74) is 7.41. The first kappa shape index (κ1) is 8.94. The smallest absolute Gasteiger partial charge is 0.0597 e. The number of hydrogen-bond donors (Lipinski definition) is 1. The van der Waals surface area contributed by atoms with Crippen LogP contribution >= 0.6 is 0 Å². The molecule has 0 atom stereocenters. The number of nitrogens with two attached hydrogens (primary N) is 1. The van der Waals surface area contributed by atoms with E-state index in [1.807, 2.05) is 26.0 Å². The van der Waals surface area contributed by atoms with Crippen molar-refractivity contribution in [2.75, 3.05) is 0 Å². The topological polar surface area (TPSA) is 38.9 Å². The number of nitrogens with zero attached hydrogens (tertiary/aromatic N) is 1. The molecule has 0 unspecified atom stereocenters. The van der Waals surface area contributed by atoms with Crippen LogP contribution in [-0.4, -0.2) is 4.98 Å². The third-order valence-corrected chi connectivity index (χ3v) is 1.68. The second-order valence-corrected chi connectivity index (χ2v) is 3.40. The molecule has 0 radical (unpaired) electrons. The summed E-state index contributed by atoms with van der Waals surface area (Å²) in [5, 5.41) is 0. The molecule has 2 N–H and O–H groups in total. The molecular weight excluding hydrogens is 148 g/mol. The van der Waals surface area contributed by atoms with E-state index in [0.29, 0.717) is 0 Å². The van der Waals surface area contributed by atoms with E-state index in [0.717, 1.165) is 11.3 Å². The SMILES string of the molecule is C=Cc1ccc(C(C)(C)N)nc1. The molecule has 1 rings (SSSR count). The predicted octanol–water partition coefficient (Wildman–Crippen LogP) is 1.92. The van der Waals surface area contributed by atoms with Crippen LogP contribution < -0.4 is 5.73 Å². The summed E-state index contributed by atoms with van der Waals surface area (Å²) in [6.07, 6.45) is 3.54. The summed E-state index contributed by atoms with van der Waals surface area (Å²) >= 11 is 0. The maximum Gasteiger partial charge on any atom is 0.0597 e. The van der Waals surface area contributed by atoms with Gasteiger partial charge in [0.15, 0.2) is 0 Å². The van der Waals surface area contributed by atoms with Gasteiger partial charge in [0, 0.05) is 6.20 Å². The molecule has 0 saturated heterocycles. The van der Waals surface area contributed by atoms with Crippen LogP contribution in [0.5, 0.6) is 0 Å². The lowest BCUT2D eigenvalue weighted by atomic mass is 10.0. The van der Waals surface area contributed by atoms with E-state index in [2.05, 4.69) is 11.6 Å². The number of rotatable bonds is 2. The van der Waals surface area contributed by atoms with Gasteiger partial charge in [-0.2, -0.15) is 0 Å². The first-order valence-electron chi connectivity index (χ1n) is 3.92. The van der Waals surface area contributed by atoms with Gasteiger partial charge in [-0.15, -0.1) is 0 Å². The summed E-state index contributed by atoms with van der Waals surface area (Å²) < 4.78 is 0. The lowest BCUT2D eigenvalue weighted by molar-refractivity contribution is 0.535. The minimum Gasteiger partial charge on any atom is -0.321 e. The zero-order chi connectivity index (χ0) is 9.19. The summed E-state index contributed by atoms with van der Waals surface area (Å²) in [7, 11) is 0. The zero-order valence-corrected chi connectivity index (χ0v) is 7.54. The van der Waals surface area contributed by atoms with Crippen molar-refractivity contribution in [2.45, 2.75) is 19.4 Å². The molecule has 1 heterocycles. The quantitative estimate of drug-likeness (QED) is 0.721. The third kappa shape index (κ3) is 1.92. The van der Waals surface area contributed by atoms with Crippen molar-refractivity contribution in [1.29, 1.82) is 0 Å². The molecule has 12 heavy (non-hydrogen) atoms. The van der Waals surface area contributed by atoms with Gasteiger partial charge in [-0.05, 0) is 25.5 Å². The molecule has 0 fully saturated rings. The number of hydrogen-bond acceptors (Lipinski definition) is 2. The predicted molar refractivity (Wildman–Crippen MR) is 51.5 cm³/mol. The molecule has 2 heteroatoms. The van der Waals surface area contributed by atoms with E-state index in [-0.39, 0.29) is 5.54 Å². The molecule has 0 aliphatic rings. The molecule has 0 aliphatic carbocycles. The van der Waals surface area contributed by atoms with Crippen LogP contribution in [0, 0.1) is 0 Å². The second-order valence-electron chi connectivity index (χ2n) is 3.40. The summed E-state index contributed by atoms with van der Waals surface area (Å²) in [6, 6.07) is 3.89. The van der Waals surface area contributed by atoms with Crippen molar-refractivity contribution in [3.8, 4) is 0 Å². The molecule has 2 nitrogen and oxygen atoms in total. The molecule has 1 aromatic heterocycles. The number of aromatic nitrogens is 1. The Morgan fingerprint density at radius 1 is 1.50 bits per heavy atom.